The van der Waals surface area contributed by atoms with Gasteiger partial charge in [-0.25, -0.2) is 9.50 Å². The summed E-state index contributed by atoms with van der Waals surface area (Å²) in [5.41, 5.74) is 3.00. The van der Waals surface area contributed by atoms with E-state index >= 15 is 0 Å². The minimum atomic E-state index is -0.272. The van der Waals surface area contributed by atoms with Gasteiger partial charge in [0.05, 0.1) is 11.9 Å². The van der Waals surface area contributed by atoms with Gasteiger partial charge in [-0.15, -0.1) is 5.10 Å². The average molecular weight is 494 g/mol. The fourth-order valence-corrected chi connectivity index (χ4v) is 3.96. The van der Waals surface area contributed by atoms with Crippen molar-refractivity contribution in [1.29, 1.82) is 0 Å². The first kappa shape index (κ1) is 22.5. The van der Waals surface area contributed by atoms with E-state index in [0.29, 0.717) is 40.2 Å². The Balaban J connectivity index is 1.27. The lowest BCUT2D eigenvalue weighted by Crippen LogP contribution is -2.26. The molecule has 6 rings (SSSR count). The number of amides is 2. The number of aryl methyl sites for hydroxylation is 1. The van der Waals surface area contributed by atoms with Crippen LogP contribution in [0.3, 0.4) is 0 Å². The fourth-order valence-electron chi connectivity index (χ4n) is 3.96. The molecule has 0 atom stereocenters. The van der Waals surface area contributed by atoms with Crippen molar-refractivity contribution in [2.24, 2.45) is 5.92 Å². The molecular formula is C27H23N7O3. The Morgan fingerprint density at radius 2 is 1.84 bits per heavy atom. The lowest BCUT2D eigenvalue weighted by Gasteiger charge is -2.22. The van der Waals surface area contributed by atoms with Crippen molar-refractivity contribution in [1.82, 2.24) is 24.8 Å². The molecule has 2 amide bonds. The Morgan fingerprint density at radius 1 is 1.03 bits per heavy atom. The summed E-state index contributed by atoms with van der Waals surface area (Å²) in [6.45, 7) is 1.85. The second kappa shape index (κ2) is 9.23. The Morgan fingerprint density at radius 3 is 2.59 bits per heavy atom. The summed E-state index contributed by atoms with van der Waals surface area (Å²) >= 11 is 0. The number of benzene rings is 2. The molecule has 1 fully saturated rings. The molecule has 0 bridgehead atoms. The van der Waals surface area contributed by atoms with Crippen LogP contribution in [0.2, 0.25) is 0 Å². The van der Waals surface area contributed by atoms with Crippen LogP contribution >= 0.6 is 0 Å². The lowest BCUT2D eigenvalue weighted by atomic mass is 10.2. The number of carbonyl (C=O) groups is 2. The topological polar surface area (TPSA) is 118 Å². The van der Waals surface area contributed by atoms with Crippen molar-refractivity contribution >= 4 is 34.7 Å². The number of rotatable bonds is 7. The molecule has 184 valence electrons. The molecular weight excluding hydrogens is 470 g/mol. The number of hydrogen-bond donors (Lipinski definition) is 2. The van der Waals surface area contributed by atoms with E-state index in [1.165, 1.54) is 0 Å². The van der Waals surface area contributed by atoms with Gasteiger partial charge in [0.15, 0.2) is 17.2 Å². The summed E-state index contributed by atoms with van der Waals surface area (Å²) in [5, 5.41) is 14.3. The summed E-state index contributed by atoms with van der Waals surface area (Å²) in [4.78, 5) is 31.5. The highest BCUT2D eigenvalue weighted by Crippen LogP contribution is 2.32. The van der Waals surface area contributed by atoms with E-state index in [1.54, 1.807) is 45.9 Å². The first-order chi connectivity index (χ1) is 18.0. The van der Waals surface area contributed by atoms with Crippen molar-refractivity contribution in [3.8, 4) is 11.6 Å². The molecule has 5 aromatic rings. The first-order valence-corrected chi connectivity index (χ1v) is 11.9. The molecule has 3 aromatic heterocycles. The zero-order chi connectivity index (χ0) is 25.4. The van der Waals surface area contributed by atoms with Gasteiger partial charge in [-0.1, -0.05) is 24.3 Å². The highest BCUT2D eigenvalue weighted by atomic mass is 16.5. The van der Waals surface area contributed by atoms with E-state index in [9.17, 15) is 9.59 Å². The van der Waals surface area contributed by atoms with Crippen molar-refractivity contribution in [2.45, 2.75) is 19.8 Å². The zero-order valence-corrected chi connectivity index (χ0v) is 20.0. The van der Waals surface area contributed by atoms with Crippen molar-refractivity contribution in [3.05, 3.63) is 90.4 Å². The number of imidazole rings is 1. The summed E-state index contributed by atoms with van der Waals surface area (Å²) in [6, 6.07) is 21.7. The molecule has 10 nitrogen and oxygen atoms in total. The molecule has 2 N–H and O–H groups in total. The summed E-state index contributed by atoms with van der Waals surface area (Å²) < 4.78 is 7.59. The van der Waals surface area contributed by atoms with Gasteiger partial charge < -0.3 is 10.1 Å². The number of nitrogens with zero attached hydrogens (tertiary/aromatic N) is 5. The Hall–Kier alpha value is -4.99. The number of nitrogens with one attached hydrogen (secondary N) is 2. The predicted octanol–water partition coefficient (Wildman–Crippen LogP) is 4.88. The predicted molar refractivity (Wildman–Crippen MR) is 137 cm³/mol. The SMILES string of the molecule is Cc1cc(C(=O)N(c2ccccc2)c2cccc(Oc3ccc4nc(NC(=O)C5CC5)cn4n3)c2)n[nH]1. The minimum absolute atomic E-state index is 0.0146. The van der Waals surface area contributed by atoms with Crippen LogP contribution in [0.25, 0.3) is 5.65 Å². The van der Waals surface area contributed by atoms with Gasteiger partial charge >= 0.3 is 0 Å². The Kier molecular flexibility index (Phi) is 5.61. The third-order valence-electron chi connectivity index (χ3n) is 5.94. The van der Waals surface area contributed by atoms with E-state index in [-0.39, 0.29) is 17.7 Å². The van der Waals surface area contributed by atoms with E-state index in [0.717, 1.165) is 18.5 Å². The smallest absolute Gasteiger partial charge is 0.283 e. The van der Waals surface area contributed by atoms with Crippen LogP contribution in [0.5, 0.6) is 11.6 Å². The van der Waals surface area contributed by atoms with Gasteiger partial charge in [-0.2, -0.15) is 5.10 Å². The monoisotopic (exact) mass is 493 g/mol. The van der Waals surface area contributed by atoms with Crippen LogP contribution in [-0.2, 0) is 4.79 Å². The molecule has 10 heteroatoms. The molecule has 0 unspecified atom stereocenters. The first-order valence-electron chi connectivity index (χ1n) is 11.9. The van der Waals surface area contributed by atoms with Crippen LogP contribution < -0.4 is 15.0 Å². The zero-order valence-electron chi connectivity index (χ0n) is 20.0. The number of aromatic nitrogens is 5. The molecule has 0 aliphatic heterocycles. The van der Waals surface area contributed by atoms with Gasteiger partial charge in [0, 0.05) is 29.4 Å². The average Bonchev–Trinajstić information content (AvgIpc) is 3.55. The highest BCUT2D eigenvalue weighted by Gasteiger charge is 2.30. The standard InChI is InChI=1S/C27H23N7O3/c1-17-14-22(31-30-17)27(36)34(19-6-3-2-4-7-19)20-8-5-9-21(15-20)37-25-13-12-24-28-23(16-33(24)32-25)29-26(35)18-10-11-18/h2-9,12-16,18H,10-11H2,1H3,(H,29,35)(H,30,31). The van der Waals surface area contributed by atoms with Crippen LogP contribution in [0.1, 0.15) is 29.0 Å². The van der Waals surface area contributed by atoms with Crippen LogP contribution in [0.15, 0.2) is 79.0 Å². The third kappa shape index (κ3) is 4.76. The molecule has 1 aliphatic carbocycles. The number of carbonyl (C=O) groups excluding carboxylic acids is 2. The normalized spacial score (nSPS) is 12.9. The number of fused-ring (bicyclic) bond motifs is 1. The fraction of sp³-hybridized carbons (Fsp3) is 0.148. The van der Waals surface area contributed by atoms with Crippen molar-refractivity contribution < 1.29 is 14.3 Å². The number of aromatic amines is 1. The number of hydrogen-bond acceptors (Lipinski definition) is 6. The molecule has 0 radical (unpaired) electrons. The van der Waals surface area contributed by atoms with Crippen LogP contribution in [0, 0.1) is 12.8 Å². The molecule has 0 saturated heterocycles. The van der Waals surface area contributed by atoms with E-state index in [2.05, 4.69) is 25.6 Å². The molecule has 1 saturated carbocycles. The van der Waals surface area contributed by atoms with Gasteiger partial charge in [-0.3, -0.25) is 19.6 Å². The molecule has 3 heterocycles. The summed E-state index contributed by atoms with van der Waals surface area (Å²) in [6.07, 6.45) is 3.49. The lowest BCUT2D eigenvalue weighted by molar-refractivity contribution is -0.117. The number of anilines is 3. The summed E-state index contributed by atoms with van der Waals surface area (Å²) in [7, 11) is 0. The maximum absolute atomic E-state index is 13.4. The quantitative estimate of drug-likeness (QED) is 0.334. The maximum Gasteiger partial charge on any atom is 0.283 e. The van der Waals surface area contributed by atoms with Crippen LogP contribution in [0.4, 0.5) is 17.2 Å². The highest BCUT2D eigenvalue weighted by molar-refractivity contribution is 6.10. The van der Waals surface area contributed by atoms with Gasteiger partial charge in [0.1, 0.15) is 5.75 Å². The summed E-state index contributed by atoms with van der Waals surface area (Å²) in [5.74, 6) is 1.09. The van der Waals surface area contributed by atoms with Crippen LogP contribution in [-0.4, -0.2) is 36.6 Å². The van der Waals surface area contributed by atoms with E-state index in [1.807, 2.05) is 49.4 Å². The Labute approximate surface area is 211 Å². The number of ether oxygens (including phenoxy) is 1. The minimum Gasteiger partial charge on any atom is -0.438 e. The number of H-pyrrole nitrogens is 1. The molecule has 37 heavy (non-hydrogen) atoms. The van der Waals surface area contributed by atoms with Crippen molar-refractivity contribution in [3.63, 3.8) is 0 Å². The maximum atomic E-state index is 13.4. The van der Waals surface area contributed by atoms with Gasteiger partial charge in [0.2, 0.25) is 11.8 Å². The largest absolute Gasteiger partial charge is 0.438 e. The van der Waals surface area contributed by atoms with E-state index in [4.69, 9.17) is 4.74 Å². The van der Waals surface area contributed by atoms with Crippen molar-refractivity contribution in [2.75, 3.05) is 10.2 Å². The molecule has 2 aromatic carbocycles. The second-order valence-electron chi connectivity index (χ2n) is 8.88. The van der Waals surface area contributed by atoms with Gasteiger partial charge in [-0.05, 0) is 56.2 Å². The Bertz CT molecular complexity index is 1600. The number of para-hydroxylation sites is 1. The third-order valence-corrected chi connectivity index (χ3v) is 5.94. The van der Waals surface area contributed by atoms with E-state index < -0.39 is 0 Å². The molecule has 0 spiro atoms. The second-order valence-corrected chi connectivity index (χ2v) is 8.88. The molecule has 1 aliphatic rings. The van der Waals surface area contributed by atoms with Gasteiger partial charge in [0.25, 0.3) is 5.91 Å².